The summed E-state index contributed by atoms with van der Waals surface area (Å²) >= 11 is 3.30. The fraction of sp³-hybridized carbons (Fsp3) is 0.400. The van der Waals surface area contributed by atoms with Crippen molar-refractivity contribution >= 4 is 51.3 Å². The minimum Gasteiger partial charge on any atom is -0.370 e. The van der Waals surface area contributed by atoms with Crippen LogP contribution in [-0.2, 0) is 4.79 Å². The van der Waals surface area contributed by atoms with E-state index in [1.807, 2.05) is 23.9 Å². The fourth-order valence-electron chi connectivity index (χ4n) is 3.18. The maximum absolute atomic E-state index is 12.5. The van der Waals surface area contributed by atoms with Gasteiger partial charge in [0.05, 0.1) is 9.88 Å². The van der Waals surface area contributed by atoms with E-state index < -0.39 is 0 Å². The lowest BCUT2D eigenvalue weighted by Gasteiger charge is -2.30. The van der Waals surface area contributed by atoms with Gasteiger partial charge in [0, 0.05) is 41.9 Å². The third-order valence-electron chi connectivity index (χ3n) is 4.83. The predicted molar refractivity (Wildman–Crippen MR) is 114 cm³/mol. The zero-order valence-corrected chi connectivity index (χ0v) is 16.9. The number of amides is 2. The summed E-state index contributed by atoms with van der Waals surface area (Å²) in [5, 5.41) is 6.58. The standard InChI is InChI=1S/C20H23N3O2S2/c1-13-12-15(4-5-16(13)23-8-10-26-11-9-23)21-20(25)17-6-7-18(27-17)22-19(24)14-2-3-14/h4-7,12,14H,2-3,8-11H2,1H3,(H,21,25)(H,22,24). The normalized spacial score (nSPS) is 16.9. The largest absolute Gasteiger partial charge is 0.370 e. The number of thiophene rings is 1. The van der Waals surface area contributed by atoms with Gasteiger partial charge < -0.3 is 15.5 Å². The topological polar surface area (TPSA) is 61.4 Å². The molecule has 2 aromatic rings. The lowest BCUT2D eigenvalue weighted by molar-refractivity contribution is -0.117. The number of hydrogen-bond acceptors (Lipinski definition) is 5. The van der Waals surface area contributed by atoms with Gasteiger partial charge in [0.25, 0.3) is 5.91 Å². The highest BCUT2D eigenvalue weighted by Crippen LogP contribution is 2.32. The molecule has 1 saturated heterocycles. The van der Waals surface area contributed by atoms with Crippen molar-refractivity contribution in [3.05, 3.63) is 40.8 Å². The maximum atomic E-state index is 12.5. The van der Waals surface area contributed by atoms with E-state index in [4.69, 9.17) is 0 Å². The van der Waals surface area contributed by atoms with Crippen LogP contribution >= 0.6 is 23.1 Å². The summed E-state index contributed by atoms with van der Waals surface area (Å²) in [6.45, 7) is 4.23. The first-order chi connectivity index (χ1) is 13.1. The average molecular weight is 402 g/mol. The van der Waals surface area contributed by atoms with Gasteiger partial charge in [-0.1, -0.05) is 0 Å². The number of nitrogens with one attached hydrogen (secondary N) is 2. The van der Waals surface area contributed by atoms with Crippen molar-refractivity contribution in [1.29, 1.82) is 0 Å². The van der Waals surface area contributed by atoms with Gasteiger partial charge in [-0.3, -0.25) is 9.59 Å². The van der Waals surface area contributed by atoms with Crippen LogP contribution in [0.25, 0.3) is 0 Å². The number of nitrogens with zero attached hydrogens (tertiary/aromatic N) is 1. The Morgan fingerprint density at radius 1 is 1.07 bits per heavy atom. The van der Waals surface area contributed by atoms with Gasteiger partial charge >= 0.3 is 0 Å². The van der Waals surface area contributed by atoms with Crippen molar-refractivity contribution in [3.8, 4) is 0 Å². The highest BCUT2D eigenvalue weighted by Gasteiger charge is 2.29. The summed E-state index contributed by atoms with van der Waals surface area (Å²) in [5.41, 5.74) is 3.21. The van der Waals surface area contributed by atoms with Crippen LogP contribution in [0.5, 0.6) is 0 Å². The number of anilines is 3. The molecule has 7 heteroatoms. The molecule has 0 spiro atoms. The van der Waals surface area contributed by atoms with Crippen molar-refractivity contribution in [2.45, 2.75) is 19.8 Å². The molecule has 2 fully saturated rings. The second kappa shape index (κ2) is 7.94. The Morgan fingerprint density at radius 2 is 1.85 bits per heavy atom. The maximum Gasteiger partial charge on any atom is 0.265 e. The molecule has 0 atom stereocenters. The third-order valence-corrected chi connectivity index (χ3v) is 6.77. The second-order valence-corrected chi connectivity index (χ2v) is 9.29. The average Bonchev–Trinajstić information content (AvgIpc) is 3.42. The number of thioether (sulfide) groups is 1. The first-order valence-corrected chi connectivity index (χ1v) is 11.2. The summed E-state index contributed by atoms with van der Waals surface area (Å²) in [6.07, 6.45) is 1.94. The number of benzene rings is 1. The van der Waals surface area contributed by atoms with Crippen molar-refractivity contribution in [1.82, 2.24) is 0 Å². The van der Waals surface area contributed by atoms with Crippen LogP contribution in [-0.4, -0.2) is 36.4 Å². The molecule has 1 aromatic carbocycles. The van der Waals surface area contributed by atoms with Crippen LogP contribution in [0.1, 0.15) is 28.1 Å². The smallest absolute Gasteiger partial charge is 0.265 e. The molecular formula is C20H23N3O2S2. The van der Waals surface area contributed by atoms with Gasteiger partial charge in [-0.15, -0.1) is 11.3 Å². The second-order valence-electron chi connectivity index (χ2n) is 6.98. The summed E-state index contributed by atoms with van der Waals surface area (Å²) in [5.74, 6) is 2.40. The highest BCUT2D eigenvalue weighted by molar-refractivity contribution is 7.99. The van der Waals surface area contributed by atoms with Gasteiger partial charge in [0.15, 0.2) is 0 Å². The van der Waals surface area contributed by atoms with Gasteiger partial charge in [-0.25, -0.2) is 0 Å². The van der Waals surface area contributed by atoms with Gasteiger partial charge in [-0.05, 0) is 55.7 Å². The molecule has 2 aliphatic rings. The van der Waals surface area contributed by atoms with E-state index in [9.17, 15) is 9.59 Å². The van der Waals surface area contributed by atoms with E-state index in [-0.39, 0.29) is 17.7 Å². The molecule has 0 unspecified atom stereocenters. The van der Waals surface area contributed by atoms with Crippen molar-refractivity contribution in [3.63, 3.8) is 0 Å². The van der Waals surface area contributed by atoms with E-state index in [0.717, 1.165) is 48.1 Å². The van der Waals surface area contributed by atoms with Gasteiger partial charge in [0.2, 0.25) is 5.91 Å². The Balaban J connectivity index is 1.39. The van der Waals surface area contributed by atoms with E-state index in [2.05, 4.69) is 28.5 Å². The molecule has 0 bridgehead atoms. The van der Waals surface area contributed by atoms with Gasteiger partial charge in [-0.2, -0.15) is 11.8 Å². The van der Waals surface area contributed by atoms with Crippen LogP contribution in [0, 0.1) is 12.8 Å². The van der Waals surface area contributed by atoms with Crippen molar-refractivity contribution < 1.29 is 9.59 Å². The number of aryl methyl sites for hydroxylation is 1. The first kappa shape index (κ1) is 18.4. The van der Waals surface area contributed by atoms with Gasteiger partial charge in [0.1, 0.15) is 0 Å². The molecule has 2 heterocycles. The summed E-state index contributed by atoms with van der Waals surface area (Å²) in [6, 6.07) is 9.64. The zero-order chi connectivity index (χ0) is 18.8. The van der Waals surface area contributed by atoms with Crippen LogP contribution in [0.2, 0.25) is 0 Å². The molecule has 2 N–H and O–H groups in total. The quantitative estimate of drug-likeness (QED) is 0.788. The van der Waals surface area contributed by atoms with E-state index in [1.54, 1.807) is 12.1 Å². The fourth-order valence-corrected chi connectivity index (χ4v) is 4.89. The van der Waals surface area contributed by atoms with E-state index >= 15 is 0 Å². The van der Waals surface area contributed by atoms with E-state index in [0.29, 0.717) is 4.88 Å². The molecule has 1 aliphatic heterocycles. The Labute approximate surface area is 167 Å². The van der Waals surface area contributed by atoms with Crippen molar-refractivity contribution in [2.24, 2.45) is 5.92 Å². The van der Waals surface area contributed by atoms with Crippen LogP contribution in [0.3, 0.4) is 0 Å². The molecule has 5 nitrogen and oxygen atoms in total. The predicted octanol–water partition coefficient (Wildman–Crippen LogP) is 4.21. The molecule has 142 valence electrons. The number of hydrogen-bond donors (Lipinski definition) is 2. The molecular weight excluding hydrogens is 378 g/mol. The number of carbonyl (C=O) groups is 2. The Bertz CT molecular complexity index is 855. The summed E-state index contributed by atoms with van der Waals surface area (Å²) < 4.78 is 0. The Morgan fingerprint density at radius 3 is 2.56 bits per heavy atom. The van der Waals surface area contributed by atoms with Crippen LogP contribution in [0.4, 0.5) is 16.4 Å². The van der Waals surface area contributed by atoms with Crippen LogP contribution < -0.4 is 15.5 Å². The highest BCUT2D eigenvalue weighted by atomic mass is 32.2. The Kier molecular flexibility index (Phi) is 5.41. The number of carbonyl (C=O) groups excluding carboxylic acids is 2. The molecule has 27 heavy (non-hydrogen) atoms. The molecule has 1 aromatic heterocycles. The third kappa shape index (κ3) is 4.47. The molecule has 0 radical (unpaired) electrons. The number of rotatable bonds is 5. The molecule has 4 rings (SSSR count). The minimum atomic E-state index is -0.145. The zero-order valence-electron chi connectivity index (χ0n) is 15.3. The lowest BCUT2D eigenvalue weighted by atomic mass is 10.1. The Hall–Kier alpha value is -1.99. The first-order valence-electron chi connectivity index (χ1n) is 9.25. The lowest BCUT2D eigenvalue weighted by Crippen LogP contribution is -2.32. The molecule has 1 aliphatic carbocycles. The monoisotopic (exact) mass is 401 g/mol. The molecule has 1 saturated carbocycles. The summed E-state index contributed by atoms with van der Waals surface area (Å²) in [4.78, 5) is 27.4. The van der Waals surface area contributed by atoms with E-state index in [1.165, 1.54) is 22.6 Å². The summed E-state index contributed by atoms with van der Waals surface area (Å²) in [7, 11) is 0. The van der Waals surface area contributed by atoms with Crippen molar-refractivity contribution in [2.75, 3.05) is 40.1 Å². The minimum absolute atomic E-state index is 0.0612. The molecule has 2 amide bonds. The van der Waals surface area contributed by atoms with Crippen LogP contribution in [0.15, 0.2) is 30.3 Å². The SMILES string of the molecule is Cc1cc(NC(=O)c2ccc(NC(=O)C3CC3)s2)ccc1N1CCSCC1.